The van der Waals surface area contributed by atoms with Gasteiger partial charge in [-0.1, -0.05) is 17.7 Å². The van der Waals surface area contributed by atoms with Crippen molar-refractivity contribution in [3.63, 3.8) is 0 Å². The van der Waals surface area contributed by atoms with E-state index in [2.05, 4.69) is 32.7 Å². The topological polar surface area (TPSA) is 74.3 Å². The van der Waals surface area contributed by atoms with Crippen LogP contribution in [0, 0.1) is 6.92 Å². The SMILES string of the molecule is Cc1ccc(C2CCC(N3CC(NC(=O)CNC(=O)c4cc(C(F)(F)F)ccc4Cl)C3)CC2)cn1. The number of halogens is 4. The van der Waals surface area contributed by atoms with E-state index < -0.39 is 17.6 Å². The molecule has 2 N–H and O–H groups in total. The number of likely N-dealkylation sites (tertiary alicyclic amines) is 1. The smallest absolute Gasteiger partial charge is 0.349 e. The lowest BCUT2D eigenvalue weighted by Crippen LogP contribution is -2.63. The van der Waals surface area contributed by atoms with Gasteiger partial charge in [0.25, 0.3) is 5.91 Å². The Bertz CT molecular complexity index is 1060. The van der Waals surface area contributed by atoms with Gasteiger partial charge in [-0.3, -0.25) is 19.5 Å². The molecule has 1 saturated carbocycles. The van der Waals surface area contributed by atoms with Crippen molar-refractivity contribution in [2.75, 3.05) is 19.6 Å². The number of aryl methyl sites for hydroxylation is 1. The van der Waals surface area contributed by atoms with Crippen molar-refractivity contribution in [3.05, 3.63) is 63.9 Å². The number of carbonyl (C=O) groups excluding carboxylic acids is 2. The Morgan fingerprint density at radius 2 is 1.83 bits per heavy atom. The van der Waals surface area contributed by atoms with Crippen molar-refractivity contribution in [1.82, 2.24) is 20.5 Å². The summed E-state index contributed by atoms with van der Waals surface area (Å²) in [6.07, 6.45) is 1.83. The van der Waals surface area contributed by atoms with E-state index in [0.29, 0.717) is 18.0 Å². The lowest BCUT2D eigenvalue weighted by molar-refractivity contribution is -0.137. The highest BCUT2D eigenvalue weighted by atomic mass is 35.5. The fourth-order valence-corrected chi connectivity index (χ4v) is 5.01. The number of aromatic nitrogens is 1. The highest BCUT2D eigenvalue weighted by Crippen LogP contribution is 2.36. The molecule has 2 aromatic rings. The zero-order valence-corrected chi connectivity index (χ0v) is 20.1. The minimum Gasteiger partial charge on any atom is -0.349 e. The fraction of sp³-hybridized carbons (Fsp3) is 0.480. The predicted molar refractivity (Wildman–Crippen MR) is 126 cm³/mol. The first-order valence-electron chi connectivity index (χ1n) is 11.7. The largest absolute Gasteiger partial charge is 0.416 e. The van der Waals surface area contributed by atoms with Crippen LogP contribution in [-0.4, -0.2) is 53.4 Å². The molecule has 10 heteroatoms. The first-order valence-corrected chi connectivity index (χ1v) is 12.1. The van der Waals surface area contributed by atoms with Crippen molar-refractivity contribution in [1.29, 1.82) is 0 Å². The predicted octanol–water partition coefficient (Wildman–Crippen LogP) is 4.32. The van der Waals surface area contributed by atoms with Crippen LogP contribution in [0.1, 0.15) is 58.8 Å². The molecular weight excluding hydrogens is 481 g/mol. The third-order valence-corrected chi connectivity index (χ3v) is 7.17. The van der Waals surface area contributed by atoms with Crippen LogP contribution in [0.3, 0.4) is 0 Å². The van der Waals surface area contributed by atoms with Gasteiger partial charge in [-0.15, -0.1) is 0 Å². The number of rotatable bonds is 6. The number of alkyl halides is 3. The van der Waals surface area contributed by atoms with Gasteiger partial charge in [0.05, 0.1) is 28.7 Å². The van der Waals surface area contributed by atoms with Crippen molar-refractivity contribution in [2.24, 2.45) is 0 Å². The lowest BCUT2D eigenvalue weighted by atomic mass is 9.81. The zero-order valence-electron chi connectivity index (χ0n) is 19.4. The Morgan fingerprint density at radius 1 is 1.11 bits per heavy atom. The molecule has 1 saturated heterocycles. The Morgan fingerprint density at radius 3 is 2.46 bits per heavy atom. The standard InChI is InChI=1S/C25H28ClF3N4O2/c1-15-2-3-17(11-30-15)16-4-7-20(8-5-16)33-13-19(14-33)32-23(34)12-31-24(35)21-10-18(25(27,28)29)6-9-22(21)26/h2-3,6,9-11,16,19-20H,4-5,7-8,12-14H2,1H3,(H,31,35)(H,32,34). The van der Waals surface area contributed by atoms with Crippen LogP contribution in [0.25, 0.3) is 0 Å². The molecule has 0 unspecified atom stereocenters. The van der Waals surface area contributed by atoms with Gasteiger partial charge in [-0.25, -0.2) is 0 Å². The molecule has 0 spiro atoms. The van der Waals surface area contributed by atoms with Gasteiger partial charge in [0.15, 0.2) is 0 Å². The van der Waals surface area contributed by atoms with Crippen LogP contribution in [0.15, 0.2) is 36.5 Å². The average Bonchev–Trinajstić information content (AvgIpc) is 2.80. The second-order valence-corrected chi connectivity index (χ2v) is 9.74. The van der Waals surface area contributed by atoms with E-state index in [1.165, 1.54) is 5.56 Å². The molecule has 1 aromatic heterocycles. The summed E-state index contributed by atoms with van der Waals surface area (Å²) in [4.78, 5) is 31.3. The Kier molecular flexibility index (Phi) is 7.66. The van der Waals surface area contributed by atoms with Gasteiger partial charge >= 0.3 is 6.18 Å². The van der Waals surface area contributed by atoms with Gasteiger partial charge in [-0.05, 0) is 68.4 Å². The van der Waals surface area contributed by atoms with Crippen LogP contribution in [-0.2, 0) is 11.0 Å². The molecule has 2 fully saturated rings. The summed E-state index contributed by atoms with van der Waals surface area (Å²) in [5, 5.41) is 5.10. The molecule has 188 valence electrons. The Hall–Kier alpha value is -2.65. The van der Waals surface area contributed by atoms with Gasteiger partial charge in [0.2, 0.25) is 5.91 Å². The van der Waals surface area contributed by atoms with Crippen molar-refractivity contribution in [2.45, 2.75) is 56.8 Å². The number of nitrogens with one attached hydrogen (secondary N) is 2. The molecule has 2 amide bonds. The van der Waals surface area contributed by atoms with Crippen LogP contribution < -0.4 is 10.6 Å². The molecule has 0 radical (unpaired) electrons. The third kappa shape index (κ3) is 6.32. The summed E-state index contributed by atoms with van der Waals surface area (Å²) in [5.74, 6) is -0.668. The van der Waals surface area contributed by atoms with Gasteiger partial charge in [0.1, 0.15) is 0 Å². The molecule has 35 heavy (non-hydrogen) atoms. The minimum absolute atomic E-state index is 0.00410. The summed E-state index contributed by atoms with van der Waals surface area (Å²) < 4.78 is 38.7. The number of hydrogen-bond acceptors (Lipinski definition) is 4. The van der Waals surface area contributed by atoms with Gasteiger partial charge < -0.3 is 10.6 Å². The molecule has 1 aliphatic heterocycles. The minimum atomic E-state index is -4.59. The zero-order chi connectivity index (χ0) is 25.2. The fourth-order valence-electron chi connectivity index (χ4n) is 4.81. The molecule has 2 aliphatic rings. The maximum atomic E-state index is 12.9. The number of carbonyl (C=O) groups is 2. The van der Waals surface area contributed by atoms with E-state index in [1.807, 2.05) is 13.1 Å². The monoisotopic (exact) mass is 508 g/mol. The molecule has 4 rings (SSSR count). The maximum absolute atomic E-state index is 12.9. The second kappa shape index (κ2) is 10.5. The summed E-state index contributed by atoms with van der Waals surface area (Å²) in [6, 6.07) is 7.23. The molecule has 1 aliphatic carbocycles. The van der Waals surface area contributed by atoms with Gasteiger partial charge in [0, 0.05) is 31.0 Å². The third-order valence-electron chi connectivity index (χ3n) is 6.84. The van der Waals surface area contributed by atoms with E-state index in [1.54, 1.807) is 0 Å². The highest BCUT2D eigenvalue weighted by Gasteiger charge is 2.35. The van der Waals surface area contributed by atoms with E-state index in [9.17, 15) is 22.8 Å². The number of benzene rings is 1. The maximum Gasteiger partial charge on any atom is 0.416 e. The summed E-state index contributed by atoms with van der Waals surface area (Å²) >= 11 is 5.87. The van der Waals surface area contributed by atoms with Crippen molar-refractivity contribution >= 4 is 23.4 Å². The van der Waals surface area contributed by atoms with E-state index in [-0.39, 0.29) is 29.1 Å². The van der Waals surface area contributed by atoms with Crippen molar-refractivity contribution in [3.8, 4) is 0 Å². The number of amides is 2. The second-order valence-electron chi connectivity index (χ2n) is 9.33. The quantitative estimate of drug-likeness (QED) is 0.609. The average molecular weight is 509 g/mol. The van der Waals surface area contributed by atoms with Gasteiger partial charge in [-0.2, -0.15) is 13.2 Å². The summed E-state index contributed by atoms with van der Waals surface area (Å²) in [7, 11) is 0. The van der Waals surface area contributed by atoms with Crippen LogP contribution in [0.4, 0.5) is 13.2 Å². The highest BCUT2D eigenvalue weighted by molar-refractivity contribution is 6.33. The molecule has 1 aromatic carbocycles. The van der Waals surface area contributed by atoms with Crippen LogP contribution >= 0.6 is 11.6 Å². The summed E-state index contributed by atoms with van der Waals surface area (Å²) in [5.41, 5.74) is 1.03. The number of nitrogens with zero attached hydrogens (tertiary/aromatic N) is 2. The van der Waals surface area contributed by atoms with E-state index in [4.69, 9.17) is 11.6 Å². The normalized spacial score (nSPS) is 21.3. The van der Waals surface area contributed by atoms with Crippen molar-refractivity contribution < 1.29 is 22.8 Å². The first-order chi connectivity index (χ1) is 16.6. The number of pyridine rings is 1. The molecule has 0 atom stereocenters. The Balaban J connectivity index is 1.18. The van der Waals surface area contributed by atoms with Crippen LogP contribution in [0.5, 0.6) is 0 Å². The lowest BCUT2D eigenvalue weighted by Gasteiger charge is -2.46. The molecular formula is C25H28ClF3N4O2. The molecule has 6 nitrogen and oxygen atoms in total. The van der Waals surface area contributed by atoms with E-state index >= 15 is 0 Å². The van der Waals surface area contributed by atoms with E-state index in [0.717, 1.165) is 56.6 Å². The summed E-state index contributed by atoms with van der Waals surface area (Å²) in [6.45, 7) is 3.15. The molecule has 0 bridgehead atoms. The first kappa shape index (κ1) is 25.4. The van der Waals surface area contributed by atoms with Crippen LogP contribution in [0.2, 0.25) is 5.02 Å². The number of hydrogen-bond donors (Lipinski definition) is 2. The molecule has 2 heterocycles. The Labute approximate surface area is 207 Å².